The fourth-order valence-corrected chi connectivity index (χ4v) is 4.13. The Hall–Kier alpha value is -1.99. The highest BCUT2D eigenvalue weighted by Crippen LogP contribution is 2.43. The van der Waals surface area contributed by atoms with Crippen LogP contribution in [0, 0.1) is 5.41 Å². The summed E-state index contributed by atoms with van der Waals surface area (Å²) >= 11 is 0. The van der Waals surface area contributed by atoms with E-state index in [0.717, 1.165) is 18.5 Å². The van der Waals surface area contributed by atoms with Crippen molar-refractivity contribution >= 4 is 11.9 Å². The lowest BCUT2D eigenvalue weighted by Gasteiger charge is -2.37. The summed E-state index contributed by atoms with van der Waals surface area (Å²) in [5.41, 5.74) is 0.749. The topological polar surface area (TPSA) is 66.0 Å². The molecule has 2 fully saturated rings. The van der Waals surface area contributed by atoms with Crippen LogP contribution in [0.15, 0.2) is 24.5 Å². The van der Waals surface area contributed by atoms with Crippen LogP contribution in [-0.4, -0.2) is 85.0 Å². The Labute approximate surface area is 161 Å². The summed E-state index contributed by atoms with van der Waals surface area (Å²) in [6.45, 7) is 3.11. The molecule has 2 aliphatic heterocycles. The Morgan fingerprint density at radius 3 is 2.56 bits per heavy atom. The average Bonchev–Trinajstić information content (AvgIpc) is 2.90. The summed E-state index contributed by atoms with van der Waals surface area (Å²) in [6.07, 6.45) is 5.68. The second-order valence-electron chi connectivity index (χ2n) is 8.18. The average molecular weight is 374 g/mol. The number of likely N-dealkylation sites (tertiary alicyclic amines) is 1. The molecule has 1 atom stereocenters. The number of pyridine rings is 1. The number of carbonyl (C=O) groups excluding carboxylic acids is 2. The van der Waals surface area contributed by atoms with Crippen molar-refractivity contribution in [3.63, 3.8) is 0 Å². The Morgan fingerprint density at radius 1 is 1.26 bits per heavy atom. The van der Waals surface area contributed by atoms with Crippen molar-refractivity contribution in [2.24, 2.45) is 5.41 Å². The molecule has 1 amide bonds. The van der Waals surface area contributed by atoms with E-state index in [1.807, 2.05) is 48.0 Å². The number of hydrogen-bond donors (Lipinski definition) is 0. The summed E-state index contributed by atoms with van der Waals surface area (Å²) in [4.78, 5) is 35.1. The van der Waals surface area contributed by atoms with Gasteiger partial charge in [-0.25, -0.2) is 0 Å². The minimum Gasteiger partial charge on any atom is -0.461 e. The van der Waals surface area contributed by atoms with Gasteiger partial charge >= 0.3 is 5.97 Å². The van der Waals surface area contributed by atoms with E-state index in [1.165, 1.54) is 0 Å². The number of hydrogen-bond acceptors (Lipinski definition) is 6. The Bertz CT molecular complexity index is 656. The molecule has 0 radical (unpaired) electrons. The fourth-order valence-electron chi connectivity index (χ4n) is 4.13. The van der Waals surface area contributed by atoms with Crippen molar-refractivity contribution in [1.29, 1.82) is 0 Å². The molecule has 1 aromatic heterocycles. The van der Waals surface area contributed by atoms with Gasteiger partial charge in [0.2, 0.25) is 5.91 Å². The Balaban J connectivity index is 1.48. The Morgan fingerprint density at radius 2 is 1.93 bits per heavy atom. The van der Waals surface area contributed by atoms with Gasteiger partial charge in [0.15, 0.2) is 0 Å². The predicted octanol–water partition coefficient (Wildman–Crippen LogP) is 0.999. The summed E-state index contributed by atoms with van der Waals surface area (Å²) in [7, 11) is 5.93. The van der Waals surface area contributed by atoms with Crippen molar-refractivity contribution in [2.75, 3.05) is 47.3 Å². The molecule has 27 heavy (non-hydrogen) atoms. The first-order valence-electron chi connectivity index (χ1n) is 9.59. The molecule has 2 saturated heterocycles. The predicted molar refractivity (Wildman–Crippen MR) is 102 cm³/mol. The molecule has 7 nitrogen and oxygen atoms in total. The molecule has 0 N–H and O–H groups in total. The van der Waals surface area contributed by atoms with Crippen LogP contribution < -0.4 is 0 Å². The first-order valence-corrected chi connectivity index (χ1v) is 9.59. The largest absolute Gasteiger partial charge is 0.461 e. The van der Waals surface area contributed by atoms with Crippen LogP contribution in [-0.2, 0) is 20.9 Å². The van der Waals surface area contributed by atoms with Crippen LogP contribution in [0.5, 0.6) is 0 Å². The molecule has 3 heterocycles. The number of likely N-dealkylation sites (N-methyl/N-ethyl adjacent to an activating group) is 2. The fraction of sp³-hybridized carbons (Fsp3) is 0.650. The number of cyclic esters (lactones) is 1. The lowest BCUT2D eigenvalue weighted by Crippen LogP contribution is -2.47. The molecule has 7 heteroatoms. The molecular formula is C20H30N4O3. The Kier molecular flexibility index (Phi) is 6.11. The maximum atomic E-state index is 12.6. The lowest BCUT2D eigenvalue weighted by molar-refractivity contribution is -0.152. The molecule has 0 bridgehead atoms. The molecule has 1 spiro atoms. The standard InChI is InChI=1S/C20H30N4O3/c1-22(2)14-17-12-20(19(26)27-17)6-10-24(11-7-20)18(25)15-23(3)13-16-4-8-21-9-5-16/h4-5,8-9,17H,6-7,10-15H2,1-3H3. The highest BCUT2D eigenvalue weighted by molar-refractivity contribution is 5.81. The van der Waals surface area contributed by atoms with Gasteiger partial charge in [-0.1, -0.05) is 0 Å². The monoisotopic (exact) mass is 374 g/mol. The van der Waals surface area contributed by atoms with E-state index in [4.69, 9.17) is 4.74 Å². The maximum Gasteiger partial charge on any atom is 0.312 e. The van der Waals surface area contributed by atoms with Crippen molar-refractivity contribution in [3.05, 3.63) is 30.1 Å². The van der Waals surface area contributed by atoms with Gasteiger partial charge in [-0.3, -0.25) is 19.5 Å². The van der Waals surface area contributed by atoms with Crippen molar-refractivity contribution in [3.8, 4) is 0 Å². The zero-order valence-corrected chi connectivity index (χ0v) is 16.6. The summed E-state index contributed by atoms with van der Waals surface area (Å²) in [6, 6.07) is 3.92. The minimum absolute atomic E-state index is 0.0266. The summed E-state index contributed by atoms with van der Waals surface area (Å²) < 4.78 is 5.59. The number of nitrogens with zero attached hydrogens (tertiary/aromatic N) is 4. The van der Waals surface area contributed by atoms with Gasteiger partial charge in [0, 0.05) is 45.0 Å². The van der Waals surface area contributed by atoms with E-state index >= 15 is 0 Å². The van der Waals surface area contributed by atoms with Gasteiger partial charge in [0.1, 0.15) is 6.10 Å². The quantitative estimate of drug-likeness (QED) is 0.692. The van der Waals surface area contributed by atoms with Crippen LogP contribution in [0.25, 0.3) is 0 Å². The van der Waals surface area contributed by atoms with Gasteiger partial charge in [0.05, 0.1) is 12.0 Å². The van der Waals surface area contributed by atoms with Crippen LogP contribution in [0.2, 0.25) is 0 Å². The molecule has 0 aliphatic carbocycles. The van der Waals surface area contributed by atoms with Crippen LogP contribution in [0.1, 0.15) is 24.8 Å². The van der Waals surface area contributed by atoms with Gasteiger partial charge in [-0.2, -0.15) is 0 Å². The van der Waals surface area contributed by atoms with E-state index in [1.54, 1.807) is 12.4 Å². The second-order valence-corrected chi connectivity index (χ2v) is 8.18. The lowest BCUT2D eigenvalue weighted by atomic mass is 9.76. The first kappa shape index (κ1) is 19.8. The van der Waals surface area contributed by atoms with Crippen LogP contribution in [0.4, 0.5) is 0 Å². The van der Waals surface area contributed by atoms with Crippen molar-refractivity contribution < 1.29 is 14.3 Å². The molecular weight excluding hydrogens is 344 g/mol. The number of piperidine rings is 1. The molecule has 1 unspecified atom stereocenters. The summed E-state index contributed by atoms with van der Waals surface area (Å²) in [5, 5.41) is 0. The van der Waals surface area contributed by atoms with E-state index < -0.39 is 0 Å². The molecule has 0 aromatic carbocycles. The normalized spacial score (nSPS) is 21.9. The number of rotatable bonds is 6. The van der Waals surface area contributed by atoms with E-state index in [9.17, 15) is 9.59 Å². The van der Waals surface area contributed by atoms with Gasteiger partial charge < -0.3 is 14.5 Å². The van der Waals surface area contributed by atoms with Crippen LogP contribution in [0.3, 0.4) is 0 Å². The summed E-state index contributed by atoms with van der Waals surface area (Å²) in [5.74, 6) is 0.0499. The van der Waals surface area contributed by atoms with E-state index in [0.29, 0.717) is 39.0 Å². The van der Waals surface area contributed by atoms with E-state index in [-0.39, 0.29) is 23.4 Å². The number of esters is 1. The molecule has 2 aliphatic rings. The first-order chi connectivity index (χ1) is 12.9. The van der Waals surface area contributed by atoms with Gasteiger partial charge in [-0.05, 0) is 51.7 Å². The molecule has 1 aromatic rings. The van der Waals surface area contributed by atoms with Gasteiger partial charge in [0.25, 0.3) is 0 Å². The number of aromatic nitrogens is 1. The molecule has 0 saturated carbocycles. The van der Waals surface area contributed by atoms with Crippen molar-refractivity contribution in [2.45, 2.75) is 31.9 Å². The van der Waals surface area contributed by atoms with Crippen LogP contribution >= 0.6 is 0 Å². The second kappa shape index (κ2) is 8.35. The smallest absolute Gasteiger partial charge is 0.312 e. The zero-order chi connectivity index (χ0) is 19.4. The maximum absolute atomic E-state index is 12.6. The molecule has 148 valence electrons. The number of amides is 1. The molecule has 3 rings (SSSR count). The minimum atomic E-state index is -0.388. The third-order valence-electron chi connectivity index (χ3n) is 5.57. The SMILES string of the molecule is CN(C)CC1CC2(CCN(C(=O)CN(C)Cc3ccncc3)CC2)C(=O)O1. The zero-order valence-electron chi connectivity index (χ0n) is 16.6. The third kappa shape index (κ3) is 4.84. The highest BCUT2D eigenvalue weighted by atomic mass is 16.6. The highest BCUT2D eigenvalue weighted by Gasteiger charge is 2.50. The van der Waals surface area contributed by atoms with Gasteiger partial charge in [-0.15, -0.1) is 0 Å². The van der Waals surface area contributed by atoms with E-state index in [2.05, 4.69) is 4.98 Å². The third-order valence-corrected chi connectivity index (χ3v) is 5.57. The van der Waals surface area contributed by atoms with Crippen molar-refractivity contribution in [1.82, 2.24) is 19.7 Å². The number of ether oxygens (including phenoxy) is 1. The number of carbonyl (C=O) groups is 2.